The second-order valence-electron chi connectivity index (χ2n) is 8.55. The summed E-state index contributed by atoms with van der Waals surface area (Å²) < 4.78 is 10.7. The minimum atomic E-state index is -1.17. The molecule has 8 heteroatoms. The SMILES string of the molecule is CC(C)(C)OC(=O)N(CCNC(=O)OCC1c2ccccc2-c2ccccc21)CC(=O)O. The molecule has 0 aromatic heterocycles. The van der Waals surface area contributed by atoms with Crippen LogP contribution >= 0.6 is 0 Å². The molecular weight excluding hydrogens is 412 g/mol. The molecule has 3 rings (SSSR count). The van der Waals surface area contributed by atoms with Crippen LogP contribution < -0.4 is 5.32 Å². The fraction of sp³-hybridized carbons (Fsp3) is 0.375. The molecule has 0 fully saturated rings. The molecule has 2 aromatic carbocycles. The van der Waals surface area contributed by atoms with Crippen molar-refractivity contribution in [3.8, 4) is 11.1 Å². The predicted molar refractivity (Wildman–Crippen MR) is 119 cm³/mol. The van der Waals surface area contributed by atoms with E-state index in [1.54, 1.807) is 20.8 Å². The Morgan fingerprint density at radius 3 is 2.09 bits per heavy atom. The van der Waals surface area contributed by atoms with E-state index in [1.807, 2.05) is 36.4 Å². The summed E-state index contributed by atoms with van der Waals surface area (Å²) >= 11 is 0. The summed E-state index contributed by atoms with van der Waals surface area (Å²) in [5, 5.41) is 11.6. The molecule has 2 N–H and O–H groups in total. The van der Waals surface area contributed by atoms with E-state index in [1.165, 1.54) is 0 Å². The molecule has 0 spiro atoms. The van der Waals surface area contributed by atoms with Gasteiger partial charge < -0.3 is 19.9 Å². The van der Waals surface area contributed by atoms with Crippen molar-refractivity contribution in [1.82, 2.24) is 10.2 Å². The number of rotatable bonds is 7. The Balaban J connectivity index is 1.54. The quantitative estimate of drug-likeness (QED) is 0.678. The van der Waals surface area contributed by atoms with Crippen LogP contribution in [-0.2, 0) is 14.3 Å². The fourth-order valence-corrected chi connectivity index (χ4v) is 3.67. The van der Waals surface area contributed by atoms with Crippen molar-refractivity contribution in [1.29, 1.82) is 0 Å². The first kappa shape index (κ1) is 23.1. The Labute approximate surface area is 187 Å². The van der Waals surface area contributed by atoms with E-state index in [-0.39, 0.29) is 25.6 Å². The molecule has 170 valence electrons. The van der Waals surface area contributed by atoms with E-state index >= 15 is 0 Å². The average molecular weight is 440 g/mol. The van der Waals surface area contributed by atoms with Crippen molar-refractivity contribution in [2.45, 2.75) is 32.3 Å². The van der Waals surface area contributed by atoms with Gasteiger partial charge in [-0.2, -0.15) is 0 Å². The number of benzene rings is 2. The molecule has 0 heterocycles. The zero-order valence-corrected chi connectivity index (χ0v) is 18.5. The zero-order valence-electron chi connectivity index (χ0n) is 18.5. The van der Waals surface area contributed by atoms with Gasteiger partial charge in [-0.1, -0.05) is 48.5 Å². The van der Waals surface area contributed by atoms with Gasteiger partial charge >= 0.3 is 18.2 Å². The average Bonchev–Trinajstić information content (AvgIpc) is 3.04. The molecule has 0 radical (unpaired) electrons. The predicted octanol–water partition coefficient (Wildman–Crippen LogP) is 3.85. The maximum atomic E-state index is 12.2. The van der Waals surface area contributed by atoms with Gasteiger partial charge in [0.2, 0.25) is 0 Å². The van der Waals surface area contributed by atoms with Crippen molar-refractivity contribution in [2.24, 2.45) is 0 Å². The lowest BCUT2D eigenvalue weighted by atomic mass is 9.98. The summed E-state index contributed by atoms with van der Waals surface area (Å²) in [4.78, 5) is 36.5. The summed E-state index contributed by atoms with van der Waals surface area (Å²) in [6.07, 6.45) is -1.39. The van der Waals surface area contributed by atoms with E-state index in [0.717, 1.165) is 27.2 Å². The monoisotopic (exact) mass is 440 g/mol. The minimum absolute atomic E-state index is 0.0224. The van der Waals surface area contributed by atoms with Gasteiger partial charge in [0, 0.05) is 19.0 Å². The highest BCUT2D eigenvalue weighted by Crippen LogP contribution is 2.44. The number of fused-ring (bicyclic) bond motifs is 3. The van der Waals surface area contributed by atoms with Crippen LogP contribution in [0.1, 0.15) is 37.8 Å². The normalized spacial score (nSPS) is 12.5. The molecule has 1 aliphatic rings. The molecule has 0 aliphatic heterocycles. The van der Waals surface area contributed by atoms with Crippen molar-refractivity contribution in [2.75, 3.05) is 26.2 Å². The standard InChI is InChI=1S/C24H28N2O6/c1-24(2,3)32-23(30)26(14-21(27)28)13-12-25-22(29)31-15-20-18-10-6-4-8-16(18)17-9-5-7-11-19(17)20/h4-11,20H,12-15H2,1-3H3,(H,25,29)(H,27,28). The highest BCUT2D eigenvalue weighted by molar-refractivity contribution is 5.79. The number of carboxylic acids is 1. The number of carbonyl (C=O) groups is 3. The molecule has 2 amide bonds. The number of hydrogen-bond donors (Lipinski definition) is 2. The molecule has 0 unspecified atom stereocenters. The summed E-state index contributed by atoms with van der Waals surface area (Å²) in [5.41, 5.74) is 3.74. The maximum Gasteiger partial charge on any atom is 0.410 e. The van der Waals surface area contributed by atoms with Gasteiger partial charge in [-0.3, -0.25) is 9.69 Å². The summed E-state index contributed by atoms with van der Waals surface area (Å²) in [6.45, 7) is 4.73. The molecule has 0 atom stereocenters. The van der Waals surface area contributed by atoms with Crippen molar-refractivity contribution >= 4 is 18.2 Å². The smallest absolute Gasteiger partial charge is 0.410 e. The third kappa shape index (κ3) is 5.78. The van der Waals surface area contributed by atoms with Crippen LogP contribution in [0.5, 0.6) is 0 Å². The van der Waals surface area contributed by atoms with Crippen LogP contribution in [0.25, 0.3) is 11.1 Å². The van der Waals surface area contributed by atoms with Gasteiger partial charge in [0.15, 0.2) is 0 Å². The molecule has 2 aromatic rings. The number of aliphatic carboxylic acids is 1. The van der Waals surface area contributed by atoms with E-state index in [2.05, 4.69) is 17.4 Å². The van der Waals surface area contributed by atoms with Gasteiger partial charge in [-0.05, 0) is 43.0 Å². The summed E-state index contributed by atoms with van der Waals surface area (Å²) in [7, 11) is 0. The lowest BCUT2D eigenvalue weighted by molar-refractivity contribution is -0.138. The largest absolute Gasteiger partial charge is 0.480 e. The van der Waals surface area contributed by atoms with Crippen LogP contribution in [0.2, 0.25) is 0 Å². The highest BCUT2D eigenvalue weighted by atomic mass is 16.6. The number of ether oxygens (including phenoxy) is 2. The van der Waals surface area contributed by atoms with Crippen LogP contribution in [0.15, 0.2) is 48.5 Å². The fourth-order valence-electron chi connectivity index (χ4n) is 3.67. The van der Waals surface area contributed by atoms with Crippen LogP contribution in [0.4, 0.5) is 9.59 Å². The highest BCUT2D eigenvalue weighted by Gasteiger charge is 2.29. The molecule has 32 heavy (non-hydrogen) atoms. The molecule has 0 saturated carbocycles. The van der Waals surface area contributed by atoms with Crippen molar-refractivity contribution in [3.63, 3.8) is 0 Å². The minimum Gasteiger partial charge on any atom is -0.480 e. The Kier molecular flexibility index (Phi) is 7.02. The van der Waals surface area contributed by atoms with Crippen LogP contribution in [0, 0.1) is 0 Å². The molecule has 8 nitrogen and oxygen atoms in total. The first-order valence-corrected chi connectivity index (χ1v) is 10.4. The number of nitrogens with one attached hydrogen (secondary N) is 1. The van der Waals surface area contributed by atoms with Crippen LogP contribution in [0.3, 0.4) is 0 Å². The lowest BCUT2D eigenvalue weighted by Gasteiger charge is -2.26. The molecule has 0 saturated heterocycles. The third-order valence-corrected chi connectivity index (χ3v) is 4.97. The zero-order chi connectivity index (χ0) is 23.3. The number of amides is 2. The molecular formula is C24H28N2O6. The number of nitrogens with zero attached hydrogens (tertiary/aromatic N) is 1. The maximum absolute atomic E-state index is 12.2. The number of carboxylic acid groups (broad SMARTS) is 1. The number of alkyl carbamates (subject to hydrolysis) is 1. The second kappa shape index (κ2) is 9.72. The molecule has 1 aliphatic carbocycles. The van der Waals surface area contributed by atoms with E-state index < -0.39 is 30.3 Å². The van der Waals surface area contributed by atoms with Crippen LogP contribution in [-0.4, -0.2) is 60.0 Å². The Bertz CT molecular complexity index is 952. The van der Waals surface area contributed by atoms with Crippen molar-refractivity contribution in [3.05, 3.63) is 59.7 Å². The summed E-state index contributed by atoms with van der Waals surface area (Å²) in [6, 6.07) is 16.1. The first-order valence-electron chi connectivity index (χ1n) is 10.4. The van der Waals surface area contributed by atoms with Gasteiger partial charge in [-0.15, -0.1) is 0 Å². The lowest BCUT2D eigenvalue weighted by Crippen LogP contribution is -2.43. The first-order chi connectivity index (χ1) is 15.2. The number of hydrogen-bond acceptors (Lipinski definition) is 5. The van der Waals surface area contributed by atoms with Crippen molar-refractivity contribution < 1.29 is 29.0 Å². The summed E-state index contributed by atoms with van der Waals surface area (Å²) in [5.74, 6) is -1.23. The van der Waals surface area contributed by atoms with Gasteiger partial charge in [0.1, 0.15) is 18.8 Å². The Morgan fingerprint density at radius 1 is 1.00 bits per heavy atom. The third-order valence-electron chi connectivity index (χ3n) is 4.97. The van der Waals surface area contributed by atoms with E-state index in [9.17, 15) is 14.4 Å². The van der Waals surface area contributed by atoms with Gasteiger partial charge in [0.25, 0.3) is 0 Å². The van der Waals surface area contributed by atoms with E-state index in [0.29, 0.717) is 0 Å². The van der Waals surface area contributed by atoms with Gasteiger partial charge in [-0.25, -0.2) is 9.59 Å². The Morgan fingerprint density at radius 2 is 1.56 bits per heavy atom. The second-order valence-corrected chi connectivity index (χ2v) is 8.55. The Hall–Kier alpha value is -3.55. The number of carbonyl (C=O) groups excluding carboxylic acids is 2. The molecule has 0 bridgehead atoms. The topological polar surface area (TPSA) is 105 Å². The van der Waals surface area contributed by atoms with E-state index in [4.69, 9.17) is 14.6 Å². The van der Waals surface area contributed by atoms with Gasteiger partial charge in [0.05, 0.1) is 0 Å².